The third-order valence-corrected chi connectivity index (χ3v) is 2.36. The van der Waals surface area contributed by atoms with Crippen LogP contribution in [0.1, 0.15) is 10.5 Å². The predicted molar refractivity (Wildman–Crippen MR) is 56.0 cm³/mol. The Bertz CT molecular complexity index is 420. The van der Waals surface area contributed by atoms with Gasteiger partial charge in [0, 0.05) is 13.1 Å². The molecule has 1 aromatic rings. The van der Waals surface area contributed by atoms with Gasteiger partial charge >= 0.3 is 0 Å². The van der Waals surface area contributed by atoms with Gasteiger partial charge in [-0.15, -0.1) is 0 Å². The third kappa shape index (κ3) is 2.27. The summed E-state index contributed by atoms with van der Waals surface area (Å²) >= 11 is 5.56. The van der Waals surface area contributed by atoms with Gasteiger partial charge in [-0.3, -0.25) is 9.59 Å². The molecule has 0 aromatic carbocycles. The van der Waals surface area contributed by atoms with Crippen molar-refractivity contribution in [1.29, 1.82) is 0 Å². The zero-order chi connectivity index (χ0) is 11.5. The van der Waals surface area contributed by atoms with Gasteiger partial charge in [0.2, 0.25) is 5.91 Å². The Morgan fingerprint density at radius 3 is 2.88 bits per heavy atom. The summed E-state index contributed by atoms with van der Waals surface area (Å²) in [5.41, 5.74) is 0.194. The highest BCUT2D eigenvalue weighted by molar-refractivity contribution is 6.29. The van der Waals surface area contributed by atoms with Crippen LogP contribution in [0.5, 0.6) is 0 Å². The lowest BCUT2D eigenvalue weighted by Gasteiger charge is -2.26. The SMILES string of the molecule is O=C1CN(C(=O)c2cnc(Cl)cn2)CCN1. The monoisotopic (exact) mass is 240 g/mol. The highest BCUT2D eigenvalue weighted by Crippen LogP contribution is 2.05. The summed E-state index contributed by atoms with van der Waals surface area (Å²) in [6, 6.07) is 0. The lowest BCUT2D eigenvalue weighted by Crippen LogP contribution is -2.50. The summed E-state index contributed by atoms with van der Waals surface area (Å²) in [6.45, 7) is 1.00. The zero-order valence-electron chi connectivity index (χ0n) is 8.31. The van der Waals surface area contributed by atoms with Crippen LogP contribution < -0.4 is 5.32 Å². The van der Waals surface area contributed by atoms with E-state index in [1.54, 1.807) is 0 Å². The molecular formula is C9H9ClN4O2. The predicted octanol–water partition coefficient (Wildman–Crippen LogP) is -0.298. The Morgan fingerprint density at radius 1 is 1.44 bits per heavy atom. The number of nitrogens with one attached hydrogen (secondary N) is 1. The second kappa shape index (κ2) is 4.44. The van der Waals surface area contributed by atoms with E-state index >= 15 is 0 Å². The highest BCUT2D eigenvalue weighted by atomic mass is 35.5. The number of hydrogen-bond acceptors (Lipinski definition) is 4. The van der Waals surface area contributed by atoms with Gasteiger partial charge in [-0.2, -0.15) is 0 Å². The number of aromatic nitrogens is 2. The van der Waals surface area contributed by atoms with Gasteiger partial charge in [0.15, 0.2) is 0 Å². The van der Waals surface area contributed by atoms with E-state index < -0.39 is 0 Å². The zero-order valence-corrected chi connectivity index (χ0v) is 9.07. The van der Waals surface area contributed by atoms with E-state index in [2.05, 4.69) is 15.3 Å². The van der Waals surface area contributed by atoms with Crippen molar-refractivity contribution in [2.45, 2.75) is 0 Å². The molecule has 1 aliphatic heterocycles. The molecule has 7 heteroatoms. The first-order valence-electron chi connectivity index (χ1n) is 4.70. The average molecular weight is 241 g/mol. The largest absolute Gasteiger partial charge is 0.353 e. The third-order valence-electron chi connectivity index (χ3n) is 2.17. The molecule has 2 rings (SSSR count). The molecular weight excluding hydrogens is 232 g/mol. The minimum Gasteiger partial charge on any atom is -0.353 e. The van der Waals surface area contributed by atoms with Crippen molar-refractivity contribution in [3.63, 3.8) is 0 Å². The molecule has 1 aliphatic rings. The van der Waals surface area contributed by atoms with Crippen molar-refractivity contribution in [3.8, 4) is 0 Å². The summed E-state index contributed by atoms with van der Waals surface area (Å²) in [6.07, 6.45) is 2.61. The van der Waals surface area contributed by atoms with Crippen LogP contribution >= 0.6 is 11.6 Å². The van der Waals surface area contributed by atoms with Gasteiger partial charge in [-0.05, 0) is 0 Å². The molecule has 1 fully saturated rings. The number of carbonyl (C=O) groups excluding carboxylic acids is 2. The molecule has 0 radical (unpaired) electrons. The molecule has 84 valence electrons. The first kappa shape index (κ1) is 10.8. The van der Waals surface area contributed by atoms with Gasteiger partial charge in [0.05, 0.1) is 18.9 Å². The summed E-state index contributed by atoms with van der Waals surface area (Å²) < 4.78 is 0. The molecule has 0 spiro atoms. The van der Waals surface area contributed by atoms with E-state index in [-0.39, 0.29) is 29.2 Å². The van der Waals surface area contributed by atoms with E-state index in [0.29, 0.717) is 13.1 Å². The van der Waals surface area contributed by atoms with Crippen molar-refractivity contribution < 1.29 is 9.59 Å². The summed E-state index contributed by atoms with van der Waals surface area (Å²) in [5, 5.41) is 2.87. The molecule has 0 bridgehead atoms. The van der Waals surface area contributed by atoms with Crippen LogP contribution in [0.15, 0.2) is 12.4 Å². The number of piperazine rings is 1. The van der Waals surface area contributed by atoms with E-state index in [0.717, 1.165) is 0 Å². The highest BCUT2D eigenvalue weighted by Gasteiger charge is 2.23. The number of rotatable bonds is 1. The van der Waals surface area contributed by atoms with E-state index in [4.69, 9.17) is 11.6 Å². The number of carbonyl (C=O) groups is 2. The van der Waals surface area contributed by atoms with Crippen LogP contribution in [0.2, 0.25) is 5.15 Å². The van der Waals surface area contributed by atoms with Gasteiger partial charge in [-0.1, -0.05) is 11.6 Å². The van der Waals surface area contributed by atoms with Crippen LogP contribution in [0.25, 0.3) is 0 Å². The standard InChI is InChI=1S/C9H9ClN4O2/c10-7-4-12-6(3-13-7)9(16)14-2-1-11-8(15)5-14/h3-4H,1-2,5H2,(H,11,15). The first-order chi connectivity index (χ1) is 7.66. The molecule has 1 N–H and O–H groups in total. The molecule has 0 unspecified atom stereocenters. The molecule has 0 saturated carbocycles. The summed E-state index contributed by atoms with van der Waals surface area (Å²) in [4.78, 5) is 32.0. The van der Waals surface area contributed by atoms with Crippen molar-refractivity contribution >= 4 is 23.4 Å². The quantitative estimate of drug-likeness (QED) is 0.732. The van der Waals surface area contributed by atoms with Gasteiger partial charge in [0.1, 0.15) is 10.8 Å². The molecule has 1 aromatic heterocycles. The minimum atomic E-state index is -0.306. The molecule has 1 saturated heterocycles. The Hall–Kier alpha value is -1.69. The van der Waals surface area contributed by atoms with Crippen LogP contribution in [0.4, 0.5) is 0 Å². The second-order valence-electron chi connectivity index (χ2n) is 3.30. The maximum absolute atomic E-state index is 11.9. The van der Waals surface area contributed by atoms with Crippen molar-refractivity contribution in [2.24, 2.45) is 0 Å². The second-order valence-corrected chi connectivity index (χ2v) is 3.69. The van der Waals surface area contributed by atoms with Gasteiger partial charge in [0.25, 0.3) is 5.91 Å². The van der Waals surface area contributed by atoms with Gasteiger partial charge < -0.3 is 10.2 Å². The Labute approximate surface area is 96.6 Å². The first-order valence-corrected chi connectivity index (χ1v) is 5.08. The Kier molecular flexibility index (Phi) is 3.00. The number of halogens is 1. The van der Waals surface area contributed by atoms with Crippen LogP contribution in [0, 0.1) is 0 Å². The summed E-state index contributed by atoms with van der Waals surface area (Å²) in [5.74, 6) is -0.472. The maximum atomic E-state index is 11.9. The number of nitrogens with zero attached hydrogens (tertiary/aromatic N) is 3. The molecule has 2 heterocycles. The van der Waals surface area contributed by atoms with Gasteiger partial charge in [-0.25, -0.2) is 9.97 Å². The van der Waals surface area contributed by atoms with E-state index in [1.807, 2.05) is 0 Å². The van der Waals surface area contributed by atoms with E-state index in [9.17, 15) is 9.59 Å². The molecule has 6 nitrogen and oxygen atoms in total. The Morgan fingerprint density at radius 2 is 2.25 bits per heavy atom. The normalized spacial score (nSPS) is 15.8. The average Bonchev–Trinajstić information content (AvgIpc) is 2.29. The maximum Gasteiger partial charge on any atom is 0.274 e. The summed E-state index contributed by atoms with van der Waals surface area (Å²) in [7, 11) is 0. The lowest BCUT2D eigenvalue weighted by atomic mass is 10.3. The number of amides is 2. The lowest BCUT2D eigenvalue weighted by molar-refractivity contribution is -0.123. The smallest absolute Gasteiger partial charge is 0.274 e. The molecule has 16 heavy (non-hydrogen) atoms. The van der Waals surface area contributed by atoms with Crippen LogP contribution in [0.3, 0.4) is 0 Å². The number of hydrogen-bond donors (Lipinski definition) is 1. The van der Waals surface area contributed by atoms with Crippen molar-refractivity contribution in [2.75, 3.05) is 19.6 Å². The topological polar surface area (TPSA) is 75.2 Å². The van der Waals surface area contributed by atoms with Crippen LogP contribution in [-0.4, -0.2) is 46.3 Å². The molecule has 0 atom stereocenters. The van der Waals surface area contributed by atoms with Crippen molar-refractivity contribution in [1.82, 2.24) is 20.2 Å². The van der Waals surface area contributed by atoms with Crippen LogP contribution in [-0.2, 0) is 4.79 Å². The van der Waals surface area contributed by atoms with Crippen molar-refractivity contribution in [3.05, 3.63) is 23.2 Å². The molecule has 0 aliphatic carbocycles. The fourth-order valence-corrected chi connectivity index (χ4v) is 1.49. The minimum absolute atomic E-state index is 0.0587. The molecule has 2 amide bonds. The fraction of sp³-hybridized carbons (Fsp3) is 0.333. The van der Waals surface area contributed by atoms with E-state index in [1.165, 1.54) is 17.3 Å². The fourth-order valence-electron chi connectivity index (χ4n) is 1.40. The Balaban J connectivity index is 2.12.